The van der Waals surface area contributed by atoms with Gasteiger partial charge in [0.15, 0.2) is 0 Å². The number of allylic oxidation sites excluding steroid dienone is 4. The number of carbonyl (C=O) groups excluding carboxylic acids is 1. The van der Waals surface area contributed by atoms with Gasteiger partial charge in [0.05, 0.1) is 40.9 Å². The Hall–Kier alpha value is -3.86. The number of hydrogen-bond acceptors (Lipinski definition) is 7. The van der Waals surface area contributed by atoms with Crippen LogP contribution in [0.4, 0.5) is 26.1 Å². The van der Waals surface area contributed by atoms with Gasteiger partial charge in [-0.25, -0.2) is 13.8 Å². The minimum absolute atomic E-state index is 0.0638. The van der Waals surface area contributed by atoms with Gasteiger partial charge in [-0.2, -0.15) is 9.61 Å². The molecule has 5 atom stereocenters. The Bertz CT molecular complexity index is 1440. The Morgan fingerprint density at radius 3 is 2.77 bits per heavy atom. The number of nitrogens with two attached hydrogens (primary N) is 1. The fourth-order valence-electron chi connectivity index (χ4n) is 5.77. The van der Waals surface area contributed by atoms with Crippen molar-refractivity contribution < 1.29 is 13.6 Å². The van der Waals surface area contributed by atoms with Crippen LogP contribution in [0.15, 0.2) is 60.3 Å². The molecule has 4 heterocycles. The van der Waals surface area contributed by atoms with Crippen molar-refractivity contribution in [2.24, 2.45) is 17.6 Å². The van der Waals surface area contributed by atoms with E-state index in [2.05, 4.69) is 37.5 Å². The van der Waals surface area contributed by atoms with Gasteiger partial charge in [0.2, 0.25) is 11.9 Å². The zero-order valence-electron chi connectivity index (χ0n) is 22.5. The van der Waals surface area contributed by atoms with Crippen LogP contribution >= 0.6 is 0 Å². The second kappa shape index (κ2) is 10.4. The zero-order valence-corrected chi connectivity index (χ0v) is 22.5. The Kier molecular flexibility index (Phi) is 7.11. The summed E-state index contributed by atoms with van der Waals surface area (Å²) >= 11 is 0. The zero-order chi connectivity index (χ0) is 27.9. The molecule has 1 saturated heterocycles. The van der Waals surface area contributed by atoms with Gasteiger partial charge in [-0.15, -0.1) is 0 Å². The smallest absolute Gasteiger partial charge is 0.229 e. The van der Waals surface area contributed by atoms with E-state index in [0.29, 0.717) is 35.8 Å². The number of nitrogens with zero attached hydrogens (tertiary/aromatic N) is 5. The van der Waals surface area contributed by atoms with Crippen molar-refractivity contribution in [3.63, 3.8) is 0 Å². The highest BCUT2D eigenvalue weighted by Gasteiger charge is 2.40. The second-order valence-corrected chi connectivity index (χ2v) is 10.8. The number of pyridine rings is 1. The largest absolute Gasteiger partial charge is 0.368 e. The van der Waals surface area contributed by atoms with E-state index in [1.54, 1.807) is 42.2 Å². The second-order valence-electron chi connectivity index (χ2n) is 10.8. The monoisotopic (exact) mass is 536 g/mol. The number of piperidine rings is 1. The minimum Gasteiger partial charge on any atom is -0.368 e. The summed E-state index contributed by atoms with van der Waals surface area (Å²) in [6.07, 6.45) is 7.84. The van der Waals surface area contributed by atoms with Crippen LogP contribution in [0, 0.1) is 11.8 Å². The molecule has 1 amide bonds. The van der Waals surface area contributed by atoms with E-state index in [1.165, 1.54) is 26.0 Å². The maximum absolute atomic E-state index is 15.5. The third kappa shape index (κ3) is 5.36. The van der Waals surface area contributed by atoms with Crippen LogP contribution in [0.3, 0.4) is 0 Å². The van der Waals surface area contributed by atoms with Crippen molar-refractivity contribution in [1.82, 2.24) is 24.9 Å². The van der Waals surface area contributed by atoms with Gasteiger partial charge in [-0.3, -0.25) is 9.78 Å². The Morgan fingerprint density at radius 1 is 1.26 bits per heavy atom. The first-order valence-corrected chi connectivity index (χ1v) is 13.1. The van der Waals surface area contributed by atoms with E-state index in [9.17, 15) is 9.18 Å². The van der Waals surface area contributed by atoms with Gasteiger partial charge in [0.1, 0.15) is 11.5 Å². The van der Waals surface area contributed by atoms with E-state index < -0.39 is 17.4 Å². The molecule has 2 unspecified atom stereocenters. The summed E-state index contributed by atoms with van der Waals surface area (Å²) in [4.78, 5) is 22.4. The van der Waals surface area contributed by atoms with E-state index in [4.69, 9.17) is 5.73 Å². The standard InChI is InChI=1S/C28H34F2N8O/c1-16-9-21(29)26(28(4,30)10-16)23-6-5-19-11-34-27(38(19)36-23)35-24-13-32-8-7-25(24)37-14-17(2)20(22(31)15-37)12-33-18(3)39/h5-11,13,17,20,22,26H,12,14-15,31H2,1-4H3,(H,33,39)(H,34,35)/t17-,20-,22+,26?,28?/m0/s1. The Labute approximate surface area is 226 Å². The fourth-order valence-corrected chi connectivity index (χ4v) is 5.77. The molecule has 0 saturated carbocycles. The van der Waals surface area contributed by atoms with E-state index in [1.807, 2.05) is 6.07 Å². The van der Waals surface area contributed by atoms with Gasteiger partial charge in [-0.1, -0.05) is 6.92 Å². The number of alkyl halides is 1. The van der Waals surface area contributed by atoms with Crippen molar-refractivity contribution in [3.05, 3.63) is 66.0 Å². The number of anilines is 3. The molecule has 11 heteroatoms. The van der Waals surface area contributed by atoms with Crippen LogP contribution in [0.25, 0.3) is 5.52 Å². The molecular formula is C28H34F2N8O. The molecule has 39 heavy (non-hydrogen) atoms. The topological polar surface area (TPSA) is 113 Å². The van der Waals surface area contributed by atoms with Gasteiger partial charge in [-0.05, 0) is 61.6 Å². The molecule has 1 aliphatic carbocycles. The molecule has 9 nitrogen and oxygen atoms in total. The van der Waals surface area contributed by atoms with E-state index in [-0.39, 0.29) is 29.5 Å². The summed E-state index contributed by atoms with van der Waals surface area (Å²) in [7, 11) is 0. The lowest BCUT2D eigenvalue weighted by molar-refractivity contribution is -0.119. The Balaban J connectivity index is 1.42. The van der Waals surface area contributed by atoms with Crippen LogP contribution in [-0.4, -0.2) is 56.8 Å². The maximum atomic E-state index is 15.5. The molecule has 4 N–H and O–H groups in total. The minimum atomic E-state index is -1.92. The lowest BCUT2D eigenvalue weighted by Gasteiger charge is -2.42. The molecule has 3 aromatic rings. The molecule has 0 bridgehead atoms. The average Bonchev–Trinajstić information content (AvgIpc) is 3.24. The molecule has 0 spiro atoms. The SMILES string of the molecule is CC(=O)NC[C@@H]1[C@H](N)CN(c2ccncc2Nc2ncc3ccc(C4C(F)=CC(C)=CC4(C)F)nn23)C[C@@H]1C. The molecular weight excluding hydrogens is 502 g/mol. The van der Waals surface area contributed by atoms with Crippen LogP contribution in [0.2, 0.25) is 0 Å². The number of amides is 1. The summed E-state index contributed by atoms with van der Waals surface area (Å²) in [5.74, 6) is -0.988. The van der Waals surface area contributed by atoms with Crippen molar-refractivity contribution in [2.45, 2.75) is 45.3 Å². The first-order valence-electron chi connectivity index (χ1n) is 13.1. The van der Waals surface area contributed by atoms with Crippen molar-refractivity contribution in [2.75, 3.05) is 29.9 Å². The van der Waals surface area contributed by atoms with Crippen LogP contribution in [0.5, 0.6) is 0 Å². The first kappa shape index (κ1) is 26.7. The van der Waals surface area contributed by atoms with Crippen molar-refractivity contribution in [1.29, 1.82) is 0 Å². The molecule has 2 aliphatic rings. The molecule has 0 radical (unpaired) electrons. The van der Waals surface area contributed by atoms with E-state index in [0.717, 1.165) is 12.2 Å². The van der Waals surface area contributed by atoms with Gasteiger partial charge >= 0.3 is 0 Å². The first-order chi connectivity index (χ1) is 18.5. The fraction of sp³-hybridized carbons (Fsp3) is 0.429. The quantitative estimate of drug-likeness (QED) is 0.436. The highest BCUT2D eigenvalue weighted by atomic mass is 19.1. The number of aromatic nitrogens is 4. The van der Waals surface area contributed by atoms with Gasteiger partial charge in [0, 0.05) is 38.8 Å². The molecule has 0 aromatic carbocycles. The lowest BCUT2D eigenvalue weighted by Crippen LogP contribution is -2.55. The highest BCUT2D eigenvalue weighted by Crippen LogP contribution is 2.43. The number of halogens is 2. The summed E-state index contributed by atoms with van der Waals surface area (Å²) in [6, 6.07) is 5.16. The summed E-state index contributed by atoms with van der Waals surface area (Å²) in [6.45, 7) is 8.57. The number of imidazole rings is 1. The number of hydrogen-bond donors (Lipinski definition) is 3. The van der Waals surface area contributed by atoms with Gasteiger partial charge in [0.25, 0.3) is 0 Å². The maximum Gasteiger partial charge on any atom is 0.229 e. The number of nitrogens with one attached hydrogen (secondary N) is 2. The van der Waals surface area contributed by atoms with Crippen LogP contribution in [0.1, 0.15) is 39.3 Å². The summed E-state index contributed by atoms with van der Waals surface area (Å²) in [5, 5.41) is 10.8. The molecule has 1 fully saturated rings. The highest BCUT2D eigenvalue weighted by molar-refractivity contribution is 5.74. The summed E-state index contributed by atoms with van der Waals surface area (Å²) < 4.78 is 31.9. The Morgan fingerprint density at radius 2 is 2.05 bits per heavy atom. The predicted molar refractivity (Wildman–Crippen MR) is 147 cm³/mol. The third-order valence-corrected chi connectivity index (χ3v) is 7.61. The van der Waals surface area contributed by atoms with Gasteiger partial charge < -0.3 is 21.3 Å². The predicted octanol–water partition coefficient (Wildman–Crippen LogP) is 4.03. The molecule has 3 aromatic heterocycles. The number of fused-ring (bicyclic) bond motifs is 1. The lowest BCUT2D eigenvalue weighted by atomic mass is 9.81. The molecule has 206 valence electrons. The van der Waals surface area contributed by atoms with Crippen molar-refractivity contribution >= 4 is 28.7 Å². The molecule has 5 rings (SSSR count). The van der Waals surface area contributed by atoms with Crippen molar-refractivity contribution in [3.8, 4) is 0 Å². The van der Waals surface area contributed by atoms with Crippen LogP contribution < -0.4 is 21.3 Å². The third-order valence-electron chi connectivity index (χ3n) is 7.61. The molecule has 1 aliphatic heterocycles. The van der Waals surface area contributed by atoms with Crippen LogP contribution in [-0.2, 0) is 4.79 Å². The van der Waals surface area contributed by atoms with E-state index >= 15 is 4.39 Å². The average molecular weight is 537 g/mol. The number of carbonyl (C=O) groups is 1. The normalized spacial score (nSPS) is 27.2. The summed E-state index contributed by atoms with van der Waals surface area (Å²) in [5.41, 5.74) is 7.71. The number of rotatable bonds is 6.